The quantitative estimate of drug-likeness (QED) is 0.759. The summed E-state index contributed by atoms with van der Waals surface area (Å²) in [5, 5.41) is 0. The molecule has 2 aromatic rings. The Balaban J connectivity index is 2.59. The van der Waals surface area contributed by atoms with Crippen molar-refractivity contribution in [1.82, 2.24) is 4.90 Å². The molecule has 0 atom stereocenters. The SMILES string of the molecule is COC(=O)c1ccc(-c2ccccc2)cc1C(=O)N(C(C)C)C(C)C. The van der Waals surface area contributed by atoms with Gasteiger partial charge in [-0.3, -0.25) is 4.79 Å². The fourth-order valence-electron chi connectivity index (χ4n) is 3.02. The lowest BCUT2D eigenvalue weighted by Crippen LogP contribution is -2.42. The molecule has 0 aliphatic heterocycles. The molecule has 0 aromatic heterocycles. The van der Waals surface area contributed by atoms with Gasteiger partial charge in [0.05, 0.1) is 18.2 Å². The number of carbonyl (C=O) groups is 2. The average Bonchev–Trinajstić information content (AvgIpc) is 2.60. The Morgan fingerprint density at radius 3 is 1.96 bits per heavy atom. The van der Waals surface area contributed by atoms with E-state index in [1.807, 2.05) is 64.1 Å². The number of carbonyl (C=O) groups excluding carboxylic acids is 2. The normalized spacial score (nSPS) is 10.8. The van der Waals surface area contributed by atoms with Crippen LogP contribution in [0.4, 0.5) is 0 Å². The molecule has 4 heteroatoms. The third kappa shape index (κ3) is 4.08. The summed E-state index contributed by atoms with van der Waals surface area (Å²) in [6, 6.07) is 15.1. The fourth-order valence-corrected chi connectivity index (χ4v) is 3.02. The number of hydrogen-bond donors (Lipinski definition) is 0. The van der Waals surface area contributed by atoms with Crippen LogP contribution in [0.5, 0.6) is 0 Å². The van der Waals surface area contributed by atoms with Crippen LogP contribution in [-0.2, 0) is 4.74 Å². The van der Waals surface area contributed by atoms with Gasteiger partial charge < -0.3 is 9.64 Å². The van der Waals surface area contributed by atoms with Gasteiger partial charge in [-0.15, -0.1) is 0 Å². The molecule has 0 unspecified atom stereocenters. The van der Waals surface area contributed by atoms with E-state index in [9.17, 15) is 9.59 Å². The van der Waals surface area contributed by atoms with Crippen LogP contribution in [0.3, 0.4) is 0 Å². The van der Waals surface area contributed by atoms with E-state index in [1.165, 1.54) is 7.11 Å². The Labute approximate surface area is 149 Å². The summed E-state index contributed by atoms with van der Waals surface area (Å²) in [5.74, 6) is -0.668. The molecule has 1 amide bonds. The molecule has 0 bridgehead atoms. The Kier molecular flexibility index (Phi) is 5.97. The number of nitrogens with zero attached hydrogens (tertiary/aromatic N) is 1. The lowest BCUT2D eigenvalue weighted by molar-refractivity contribution is 0.0573. The van der Waals surface area contributed by atoms with Crippen LogP contribution in [0.15, 0.2) is 48.5 Å². The van der Waals surface area contributed by atoms with E-state index >= 15 is 0 Å². The first-order valence-corrected chi connectivity index (χ1v) is 8.47. The van der Waals surface area contributed by atoms with Crippen LogP contribution in [0, 0.1) is 0 Å². The maximum atomic E-state index is 13.2. The van der Waals surface area contributed by atoms with Gasteiger partial charge in [0, 0.05) is 12.1 Å². The predicted octanol–water partition coefficient (Wildman–Crippen LogP) is 4.40. The molecule has 2 rings (SSSR count). The van der Waals surface area contributed by atoms with Gasteiger partial charge in [0.25, 0.3) is 5.91 Å². The van der Waals surface area contributed by atoms with Crippen molar-refractivity contribution in [2.45, 2.75) is 39.8 Å². The molecule has 0 aliphatic carbocycles. The molecule has 0 spiro atoms. The molecule has 0 N–H and O–H groups in total. The first-order chi connectivity index (χ1) is 11.9. The minimum absolute atomic E-state index is 0.0263. The Morgan fingerprint density at radius 1 is 0.840 bits per heavy atom. The van der Waals surface area contributed by atoms with Crippen LogP contribution >= 0.6 is 0 Å². The van der Waals surface area contributed by atoms with Crippen molar-refractivity contribution in [2.75, 3.05) is 7.11 Å². The van der Waals surface area contributed by atoms with E-state index in [2.05, 4.69) is 0 Å². The summed E-state index contributed by atoms with van der Waals surface area (Å²) >= 11 is 0. The molecule has 0 aliphatic rings. The average molecular weight is 339 g/mol. The highest BCUT2D eigenvalue weighted by molar-refractivity contribution is 6.06. The summed E-state index contributed by atoms with van der Waals surface area (Å²) in [4.78, 5) is 27.1. The number of esters is 1. The minimum Gasteiger partial charge on any atom is -0.465 e. The van der Waals surface area contributed by atoms with E-state index < -0.39 is 5.97 Å². The summed E-state index contributed by atoms with van der Waals surface area (Å²) < 4.78 is 4.86. The second-order valence-electron chi connectivity index (χ2n) is 6.52. The highest BCUT2D eigenvalue weighted by Crippen LogP contribution is 2.25. The minimum atomic E-state index is -0.504. The van der Waals surface area contributed by atoms with Gasteiger partial charge >= 0.3 is 5.97 Å². The van der Waals surface area contributed by atoms with E-state index in [0.717, 1.165) is 11.1 Å². The Hall–Kier alpha value is -2.62. The number of hydrogen-bond acceptors (Lipinski definition) is 3. The molecule has 4 nitrogen and oxygen atoms in total. The molecule has 132 valence electrons. The third-order valence-corrected chi connectivity index (χ3v) is 4.11. The zero-order chi connectivity index (χ0) is 18.6. The molecular weight excluding hydrogens is 314 g/mol. The van der Waals surface area contributed by atoms with Crippen molar-refractivity contribution < 1.29 is 14.3 Å². The van der Waals surface area contributed by atoms with E-state index in [4.69, 9.17) is 4.74 Å². The van der Waals surface area contributed by atoms with Gasteiger partial charge in [-0.25, -0.2) is 4.79 Å². The maximum Gasteiger partial charge on any atom is 0.338 e. The number of amides is 1. The molecule has 0 heterocycles. The number of ether oxygens (including phenoxy) is 1. The monoisotopic (exact) mass is 339 g/mol. The lowest BCUT2D eigenvalue weighted by atomic mass is 9.97. The summed E-state index contributed by atoms with van der Waals surface area (Å²) in [6.45, 7) is 7.88. The molecule has 2 aromatic carbocycles. The van der Waals surface area contributed by atoms with Crippen molar-refractivity contribution in [1.29, 1.82) is 0 Å². The topological polar surface area (TPSA) is 46.6 Å². The van der Waals surface area contributed by atoms with Gasteiger partial charge in [0.2, 0.25) is 0 Å². The number of benzene rings is 2. The highest BCUT2D eigenvalue weighted by Gasteiger charge is 2.26. The molecule has 0 radical (unpaired) electrons. The van der Waals surface area contributed by atoms with Gasteiger partial charge in [-0.2, -0.15) is 0 Å². The van der Waals surface area contributed by atoms with Crippen molar-refractivity contribution in [3.63, 3.8) is 0 Å². The van der Waals surface area contributed by atoms with Gasteiger partial charge in [0.15, 0.2) is 0 Å². The first-order valence-electron chi connectivity index (χ1n) is 8.47. The maximum absolute atomic E-state index is 13.2. The molecule has 0 saturated carbocycles. The van der Waals surface area contributed by atoms with E-state index in [-0.39, 0.29) is 18.0 Å². The summed E-state index contributed by atoms with van der Waals surface area (Å²) in [6.07, 6.45) is 0. The lowest BCUT2D eigenvalue weighted by Gasteiger charge is -2.31. The number of rotatable bonds is 5. The largest absolute Gasteiger partial charge is 0.465 e. The van der Waals surface area contributed by atoms with Gasteiger partial charge in [0.1, 0.15) is 0 Å². The second kappa shape index (κ2) is 7.97. The van der Waals surface area contributed by atoms with Crippen LogP contribution in [0.1, 0.15) is 48.4 Å². The Bertz CT molecular complexity index is 743. The van der Waals surface area contributed by atoms with Crippen molar-refractivity contribution >= 4 is 11.9 Å². The van der Waals surface area contributed by atoms with Crippen molar-refractivity contribution in [3.05, 3.63) is 59.7 Å². The zero-order valence-corrected chi connectivity index (χ0v) is 15.4. The number of methoxy groups -OCH3 is 1. The van der Waals surface area contributed by atoms with Crippen LogP contribution in [0.25, 0.3) is 11.1 Å². The fraction of sp³-hybridized carbons (Fsp3) is 0.333. The molecule has 0 fully saturated rings. The summed E-state index contributed by atoms with van der Waals surface area (Å²) in [5.41, 5.74) is 2.55. The molecule has 0 saturated heterocycles. The van der Waals surface area contributed by atoms with Crippen LogP contribution in [0.2, 0.25) is 0 Å². The van der Waals surface area contributed by atoms with Crippen molar-refractivity contribution in [3.8, 4) is 11.1 Å². The standard InChI is InChI=1S/C21H25NO3/c1-14(2)22(15(3)4)20(23)19-13-17(16-9-7-6-8-10-16)11-12-18(19)21(24)25-5/h6-15H,1-5H3. The molecular formula is C21H25NO3. The van der Waals surface area contributed by atoms with E-state index in [1.54, 1.807) is 17.0 Å². The smallest absolute Gasteiger partial charge is 0.338 e. The van der Waals surface area contributed by atoms with Crippen LogP contribution in [-0.4, -0.2) is 36.0 Å². The third-order valence-electron chi connectivity index (χ3n) is 4.11. The van der Waals surface area contributed by atoms with E-state index in [0.29, 0.717) is 11.1 Å². The molecule has 25 heavy (non-hydrogen) atoms. The summed E-state index contributed by atoms with van der Waals surface area (Å²) in [7, 11) is 1.32. The van der Waals surface area contributed by atoms with Crippen molar-refractivity contribution in [2.24, 2.45) is 0 Å². The predicted molar refractivity (Wildman–Crippen MR) is 99.7 cm³/mol. The van der Waals surface area contributed by atoms with Crippen LogP contribution < -0.4 is 0 Å². The van der Waals surface area contributed by atoms with Gasteiger partial charge in [-0.05, 0) is 51.0 Å². The van der Waals surface area contributed by atoms with Gasteiger partial charge in [-0.1, -0.05) is 36.4 Å². The Morgan fingerprint density at radius 2 is 1.44 bits per heavy atom. The highest BCUT2D eigenvalue weighted by atomic mass is 16.5. The first kappa shape index (κ1) is 18.7. The second-order valence-corrected chi connectivity index (χ2v) is 6.52. The zero-order valence-electron chi connectivity index (χ0n) is 15.4.